The van der Waals surface area contributed by atoms with E-state index in [9.17, 15) is 4.79 Å². The van der Waals surface area contributed by atoms with E-state index in [1.807, 2.05) is 41.4 Å². The number of piperidine rings is 1. The molecule has 1 fully saturated rings. The molecule has 4 nitrogen and oxygen atoms in total. The van der Waals surface area contributed by atoms with Gasteiger partial charge in [-0.3, -0.25) is 4.79 Å². The Balaban J connectivity index is 1.61. The van der Waals surface area contributed by atoms with Crippen LogP contribution in [-0.4, -0.2) is 33.9 Å². The van der Waals surface area contributed by atoms with Crippen LogP contribution in [0.1, 0.15) is 29.6 Å². The standard InChI is InChI=1S/C19H19N3O/c23-19(22-11-2-1-3-12-22)15-8-6-14(7-9-15)17-13-21-18-16(17)5-4-10-20-18/h4-10,13H,1-3,11-12H2,(H,20,21). The second-order valence-corrected chi connectivity index (χ2v) is 6.03. The number of likely N-dealkylation sites (tertiary alicyclic amines) is 1. The SMILES string of the molecule is O=C(c1ccc(-c2c[nH]c3ncccc23)cc1)N1CCCCC1. The Morgan fingerprint density at radius 3 is 2.61 bits per heavy atom. The fraction of sp³-hybridized carbons (Fsp3) is 0.263. The van der Waals surface area contributed by atoms with Crippen LogP contribution in [0.2, 0.25) is 0 Å². The van der Waals surface area contributed by atoms with Crippen molar-refractivity contribution in [2.24, 2.45) is 0 Å². The number of hydrogen-bond donors (Lipinski definition) is 1. The third-order valence-corrected chi connectivity index (χ3v) is 4.54. The zero-order valence-electron chi connectivity index (χ0n) is 13.0. The number of amides is 1. The molecule has 1 aliphatic heterocycles. The van der Waals surface area contributed by atoms with E-state index in [2.05, 4.69) is 16.0 Å². The first-order valence-electron chi connectivity index (χ1n) is 8.15. The zero-order valence-corrected chi connectivity index (χ0v) is 13.0. The molecule has 4 heteroatoms. The van der Waals surface area contributed by atoms with Crippen LogP contribution in [0.5, 0.6) is 0 Å². The molecule has 0 radical (unpaired) electrons. The highest BCUT2D eigenvalue weighted by Gasteiger charge is 2.18. The van der Waals surface area contributed by atoms with Crippen molar-refractivity contribution in [3.8, 4) is 11.1 Å². The number of carbonyl (C=O) groups excluding carboxylic acids is 1. The second kappa shape index (κ2) is 5.88. The smallest absolute Gasteiger partial charge is 0.253 e. The summed E-state index contributed by atoms with van der Waals surface area (Å²) >= 11 is 0. The molecule has 0 atom stereocenters. The van der Waals surface area contributed by atoms with Crippen molar-refractivity contribution in [1.82, 2.24) is 14.9 Å². The van der Waals surface area contributed by atoms with Gasteiger partial charge in [-0.1, -0.05) is 12.1 Å². The van der Waals surface area contributed by atoms with Gasteiger partial charge >= 0.3 is 0 Å². The molecule has 1 N–H and O–H groups in total. The van der Waals surface area contributed by atoms with Crippen LogP contribution in [-0.2, 0) is 0 Å². The summed E-state index contributed by atoms with van der Waals surface area (Å²) in [6.07, 6.45) is 7.22. The Bertz CT molecular complexity index is 829. The average Bonchev–Trinajstić information content (AvgIpc) is 3.06. The summed E-state index contributed by atoms with van der Waals surface area (Å²) in [7, 11) is 0. The second-order valence-electron chi connectivity index (χ2n) is 6.03. The van der Waals surface area contributed by atoms with Crippen molar-refractivity contribution in [1.29, 1.82) is 0 Å². The maximum Gasteiger partial charge on any atom is 0.253 e. The molecule has 0 saturated carbocycles. The van der Waals surface area contributed by atoms with Crippen molar-refractivity contribution in [2.75, 3.05) is 13.1 Å². The number of nitrogens with zero attached hydrogens (tertiary/aromatic N) is 2. The van der Waals surface area contributed by atoms with Gasteiger partial charge in [-0.25, -0.2) is 4.98 Å². The predicted octanol–water partition coefficient (Wildman–Crippen LogP) is 3.86. The molecule has 3 heterocycles. The lowest BCUT2D eigenvalue weighted by Crippen LogP contribution is -2.35. The van der Waals surface area contributed by atoms with E-state index in [0.717, 1.165) is 53.7 Å². The minimum absolute atomic E-state index is 0.150. The van der Waals surface area contributed by atoms with Gasteiger partial charge in [0.05, 0.1) is 0 Å². The minimum atomic E-state index is 0.150. The first kappa shape index (κ1) is 14.0. The van der Waals surface area contributed by atoms with Gasteiger partial charge in [-0.15, -0.1) is 0 Å². The van der Waals surface area contributed by atoms with Gasteiger partial charge in [0.25, 0.3) is 5.91 Å². The molecule has 0 spiro atoms. The highest BCUT2D eigenvalue weighted by Crippen LogP contribution is 2.27. The van der Waals surface area contributed by atoms with Gasteiger partial charge < -0.3 is 9.88 Å². The summed E-state index contributed by atoms with van der Waals surface area (Å²) in [5, 5.41) is 1.10. The van der Waals surface area contributed by atoms with Crippen molar-refractivity contribution in [3.05, 3.63) is 54.4 Å². The monoisotopic (exact) mass is 305 g/mol. The molecule has 1 aromatic carbocycles. The van der Waals surface area contributed by atoms with E-state index < -0.39 is 0 Å². The van der Waals surface area contributed by atoms with Crippen LogP contribution < -0.4 is 0 Å². The molecule has 1 amide bonds. The summed E-state index contributed by atoms with van der Waals surface area (Å²) in [4.78, 5) is 22.0. The Labute approximate surface area is 135 Å². The molecule has 4 rings (SSSR count). The Morgan fingerprint density at radius 2 is 1.83 bits per heavy atom. The van der Waals surface area contributed by atoms with Gasteiger partial charge in [0.1, 0.15) is 5.65 Å². The summed E-state index contributed by atoms with van der Waals surface area (Å²) in [5.74, 6) is 0.150. The first-order valence-corrected chi connectivity index (χ1v) is 8.15. The van der Waals surface area contributed by atoms with Gasteiger partial charge in [-0.2, -0.15) is 0 Å². The zero-order chi connectivity index (χ0) is 15.6. The number of carbonyl (C=O) groups is 1. The maximum absolute atomic E-state index is 12.5. The van der Waals surface area contributed by atoms with Gasteiger partial charge in [0.15, 0.2) is 0 Å². The van der Waals surface area contributed by atoms with Crippen molar-refractivity contribution >= 4 is 16.9 Å². The molecule has 0 unspecified atom stereocenters. The predicted molar refractivity (Wildman–Crippen MR) is 91.3 cm³/mol. The minimum Gasteiger partial charge on any atom is -0.346 e. The third kappa shape index (κ3) is 2.61. The van der Waals surface area contributed by atoms with Crippen LogP contribution in [0, 0.1) is 0 Å². The number of aromatic nitrogens is 2. The number of hydrogen-bond acceptors (Lipinski definition) is 2. The third-order valence-electron chi connectivity index (χ3n) is 4.54. The molecule has 1 aliphatic rings. The van der Waals surface area contributed by atoms with E-state index in [-0.39, 0.29) is 5.91 Å². The number of aromatic amines is 1. The number of nitrogens with one attached hydrogen (secondary N) is 1. The maximum atomic E-state index is 12.5. The molecule has 1 saturated heterocycles. The Hall–Kier alpha value is -2.62. The van der Waals surface area contributed by atoms with E-state index in [1.54, 1.807) is 6.20 Å². The van der Waals surface area contributed by atoms with E-state index >= 15 is 0 Å². The normalized spacial score (nSPS) is 15.0. The number of fused-ring (bicyclic) bond motifs is 1. The average molecular weight is 305 g/mol. The number of rotatable bonds is 2. The van der Waals surface area contributed by atoms with E-state index in [4.69, 9.17) is 0 Å². The van der Waals surface area contributed by atoms with Crippen molar-refractivity contribution < 1.29 is 4.79 Å². The molecule has 116 valence electrons. The van der Waals surface area contributed by atoms with Gasteiger partial charge in [-0.05, 0) is 49.1 Å². The first-order chi connectivity index (χ1) is 11.3. The molecule has 0 bridgehead atoms. The lowest BCUT2D eigenvalue weighted by molar-refractivity contribution is 0.0724. The molecular weight excluding hydrogens is 286 g/mol. The molecule has 0 aliphatic carbocycles. The summed E-state index contributed by atoms with van der Waals surface area (Å²) < 4.78 is 0. The van der Waals surface area contributed by atoms with Crippen LogP contribution >= 0.6 is 0 Å². The highest BCUT2D eigenvalue weighted by molar-refractivity contribution is 5.97. The summed E-state index contributed by atoms with van der Waals surface area (Å²) in [5.41, 5.74) is 3.87. The van der Waals surface area contributed by atoms with Crippen LogP contribution in [0.25, 0.3) is 22.2 Å². The Kier molecular flexibility index (Phi) is 3.58. The number of H-pyrrole nitrogens is 1. The van der Waals surface area contributed by atoms with Crippen LogP contribution in [0.3, 0.4) is 0 Å². The van der Waals surface area contributed by atoms with Crippen LogP contribution in [0.4, 0.5) is 0 Å². The fourth-order valence-electron chi connectivity index (χ4n) is 3.27. The quantitative estimate of drug-likeness (QED) is 0.781. The summed E-state index contributed by atoms with van der Waals surface area (Å²) in [6, 6.07) is 11.9. The molecular formula is C19H19N3O. The van der Waals surface area contributed by atoms with E-state index in [0.29, 0.717) is 0 Å². The van der Waals surface area contributed by atoms with Crippen LogP contribution in [0.15, 0.2) is 48.8 Å². The Morgan fingerprint density at radius 1 is 1.04 bits per heavy atom. The molecule has 23 heavy (non-hydrogen) atoms. The lowest BCUT2D eigenvalue weighted by atomic mass is 10.0. The highest BCUT2D eigenvalue weighted by atomic mass is 16.2. The van der Waals surface area contributed by atoms with Gasteiger partial charge in [0, 0.05) is 42.0 Å². The molecule has 3 aromatic rings. The fourth-order valence-corrected chi connectivity index (χ4v) is 3.27. The summed E-state index contributed by atoms with van der Waals surface area (Å²) in [6.45, 7) is 1.77. The van der Waals surface area contributed by atoms with Crippen molar-refractivity contribution in [3.63, 3.8) is 0 Å². The topological polar surface area (TPSA) is 49.0 Å². The molecule has 2 aromatic heterocycles. The van der Waals surface area contributed by atoms with E-state index in [1.165, 1.54) is 6.42 Å². The largest absolute Gasteiger partial charge is 0.346 e. The van der Waals surface area contributed by atoms with Gasteiger partial charge in [0.2, 0.25) is 0 Å². The lowest BCUT2D eigenvalue weighted by Gasteiger charge is -2.26. The number of benzene rings is 1. The van der Waals surface area contributed by atoms with Crippen molar-refractivity contribution in [2.45, 2.75) is 19.3 Å². The number of pyridine rings is 1.